The molecule has 0 unspecified atom stereocenters. The number of nitrogens with zero attached hydrogens (tertiary/aromatic N) is 1. The summed E-state index contributed by atoms with van der Waals surface area (Å²) in [6.07, 6.45) is 7.36. The molecule has 3 nitrogen and oxygen atoms in total. The highest BCUT2D eigenvalue weighted by Gasteiger charge is 2.35. The van der Waals surface area contributed by atoms with Crippen LogP contribution in [-0.2, 0) is 5.41 Å². The lowest BCUT2D eigenvalue weighted by atomic mass is 9.79. The molecule has 1 fully saturated rings. The van der Waals surface area contributed by atoms with Crippen molar-refractivity contribution in [2.45, 2.75) is 50.9 Å². The Morgan fingerprint density at radius 2 is 1.95 bits per heavy atom. The molecule has 3 N–H and O–H groups in total. The first-order chi connectivity index (χ1) is 9.77. The number of aliphatic imine (C=N–C) groups is 1. The van der Waals surface area contributed by atoms with Crippen LogP contribution in [0.2, 0.25) is 0 Å². The maximum Gasteiger partial charge on any atom is 0.188 e. The Hall–Kier alpha value is -1.51. The standard InChI is InChI=1S/C17H27N3/c1-2-3-13-19-16(18)20-14-17(11-7-8-12-17)15-9-5-4-6-10-15/h4-6,9-10H,2-3,7-8,11-14H2,1H3,(H3,18,19,20). The van der Waals surface area contributed by atoms with Gasteiger partial charge in [0.15, 0.2) is 5.96 Å². The summed E-state index contributed by atoms with van der Waals surface area (Å²) >= 11 is 0. The maximum absolute atomic E-state index is 5.97. The second-order valence-electron chi connectivity index (χ2n) is 5.84. The quantitative estimate of drug-likeness (QED) is 0.475. The lowest BCUT2D eigenvalue weighted by Gasteiger charge is -2.28. The molecular weight excluding hydrogens is 246 g/mol. The molecular formula is C17H27N3. The fourth-order valence-electron chi connectivity index (χ4n) is 3.07. The van der Waals surface area contributed by atoms with Gasteiger partial charge in [-0.3, -0.25) is 4.99 Å². The fourth-order valence-corrected chi connectivity index (χ4v) is 3.07. The topological polar surface area (TPSA) is 50.4 Å². The number of hydrogen-bond donors (Lipinski definition) is 2. The maximum atomic E-state index is 5.97. The van der Waals surface area contributed by atoms with Gasteiger partial charge in [0.25, 0.3) is 0 Å². The number of nitrogens with two attached hydrogens (primary N) is 1. The first-order valence-electron chi connectivity index (χ1n) is 7.86. The van der Waals surface area contributed by atoms with Crippen molar-refractivity contribution in [1.82, 2.24) is 5.32 Å². The predicted octanol–water partition coefficient (Wildman–Crippen LogP) is 3.20. The van der Waals surface area contributed by atoms with Crippen LogP contribution in [-0.4, -0.2) is 19.0 Å². The smallest absolute Gasteiger partial charge is 0.188 e. The van der Waals surface area contributed by atoms with E-state index in [2.05, 4.69) is 47.6 Å². The van der Waals surface area contributed by atoms with Gasteiger partial charge in [0.1, 0.15) is 0 Å². The summed E-state index contributed by atoms with van der Waals surface area (Å²) < 4.78 is 0. The lowest BCUT2D eigenvalue weighted by molar-refractivity contribution is 0.453. The van der Waals surface area contributed by atoms with E-state index in [1.807, 2.05) is 0 Å². The Morgan fingerprint density at radius 3 is 2.60 bits per heavy atom. The molecule has 3 heteroatoms. The SMILES string of the molecule is CCCCNC(N)=NCC1(c2ccccc2)CCCC1. The normalized spacial score (nSPS) is 18.1. The van der Waals surface area contributed by atoms with E-state index in [1.165, 1.54) is 37.7 Å². The van der Waals surface area contributed by atoms with E-state index in [0.717, 1.165) is 19.5 Å². The summed E-state index contributed by atoms with van der Waals surface area (Å²) in [6, 6.07) is 10.8. The molecule has 0 atom stereocenters. The van der Waals surface area contributed by atoms with Gasteiger partial charge in [-0.2, -0.15) is 0 Å². The Labute approximate surface area is 122 Å². The van der Waals surface area contributed by atoms with Crippen molar-refractivity contribution in [1.29, 1.82) is 0 Å². The Balaban J connectivity index is 2.01. The van der Waals surface area contributed by atoms with Crippen LogP contribution in [0.25, 0.3) is 0 Å². The second-order valence-corrected chi connectivity index (χ2v) is 5.84. The van der Waals surface area contributed by atoms with Crippen molar-refractivity contribution >= 4 is 5.96 Å². The molecule has 0 spiro atoms. The lowest BCUT2D eigenvalue weighted by Crippen LogP contribution is -2.35. The van der Waals surface area contributed by atoms with Crippen molar-refractivity contribution in [3.05, 3.63) is 35.9 Å². The summed E-state index contributed by atoms with van der Waals surface area (Å²) in [5.41, 5.74) is 7.59. The number of hydrogen-bond acceptors (Lipinski definition) is 1. The molecule has 0 amide bonds. The summed E-state index contributed by atoms with van der Waals surface area (Å²) in [5.74, 6) is 0.598. The third-order valence-corrected chi connectivity index (χ3v) is 4.34. The van der Waals surface area contributed by atoms with Crippen LogP contribution in [0.3, 0.4) is 0 Å². The molecule has 0 aromatic heterocycles. The fraction of sp³-hybridized carbons (Fsp3) is 0.588. The van der Waals surface area contributed by atoms with Crippen LogP contribution in [0, 0.1) is 0 Å². The van der Waals surface area contributed by atoms with E-state index in [-0.39, 0.29) is 5.41 Å². The number of benzene rings is 1. The summed E-state index contributed by atoms with van der Waals surface area (Å²) in [5, 5.41) is 3.20. The van der Waals surface area contributed by atoms with Gasteiger partial charge in [-0.05, 0) is 24.8 Å². The number of rotatable bonds is 6. The molecule has 1 aromatic carbocycles. The van der Waals surface area contributed by atoms with Gasteiger partial charge in [0.2, 0.25) is 0 Å². The molecule has 0 aliphatic heterocycles. The number of nitrogens with one attached hydrogen (secondary N) is 1. The summed E-state index contributed by atoms with van der Waals surface area (Å²) in [6.45, 7) is 3.91. The van der Waals surface area contributed by atoms with Gasteiger partial charge in [0.05, 0.1) is 6.54 Å². The average Bonchev–Trinajstić information content (AvgIpc) is 2.97. The minimum Gasteiger partial charge on any atom is -0.370 e. The van der Waals surface area contributed by atoms with Gasteiger partial charge in [0, 0.05) is 12.0 Å². The van der Waals surface area contributed by atoms with Crippen LogP contribution in [0.1, 0.15) is 51.0 Å². The zero-order chi connectivity index (χ0) is 14.3. The van der Waals surface area contributed by atoms with Crippen LogP contribution in [0.5, 0.6) is 0 Å². The highest BCUT2D eigenvalue weighted by atomic mass is 15.1. The molecule has 0 heterocycles. The van der Waals surface area contributed by atoms with E-state index < -0.39 is 0 Å². The van der Waals surface area contributed by atoms with Crippen molar-refractivity contribution in [2.24, 2.45) is 10.7 Å². The Kier molecular flexibility index (Phi) is 5.45. The number of guanidine groups is 1. The first kappa shape index (κ1) is 14.9. The van der Waals surface area contributed by atoms with Crippen LogP contribution < -0.4 is 11.1 Å². The molecule has 0 radical (unpaired) electrons. The van der Waals surface area contributed by atoms with E-state index >= 15 is 0 Å². The monoisotopic (exact) mass is 273 g/mol. The van der Waals surface area contributed by atoms with E-state index in [9.17, 15) is 0 Å². The molecule has 1 aliphatic carbocycles. The largest absolute Gasteiger partial charge is 0.370 e. The van der Waals surface area contributed by atoms with Gasteiger partial charge in [-0.15, -0.1) is 0 Å². The number of unbranched alkanes of at least 4 members (excludes halogenated alkanes) is 1. The van der Waals surface area contributed by atoms with E-state index in [0.29, 0.717) is 5.96 Å². The van der Waals surface area contributed by atoms with E-state index in [1.54, 1.807) is 0 Å². The molecule has 1 aromatic rings. The van der Waals surface area contributed by atoms with Gasteiger partial charge >= 0.3 is 0 Å². The van der Waals surface area contributed by atoms with Gasteiger partial charge in [-0.1, -0.05) is 56.5 Å². The van der Waals surface area contributed by atoms with Crippen molar-refractivity contribution in [2.75, 3.05) is 13.1 Å². The first-order valence-corrected chi connectivity index (χ1v) is 7.86. The minimum absolute atomic E-state index is 0.207. The minimum atomic E-state index is 0.207. The predicted molar refractivity (Wildman–Crippen MR) is 86.0 cm³/mol. The zero-order valence-electron chi connectivity index (χ0n) is 12.6. The van der Waals surface area contributed by atoms with Crippen LogP contribution in [0.4, 0.5) is 0 Å². The third-order valence-electron chi connectivity index (χ3n) is 4.34. The van der Waals surface area contributed by atoms with Crippen molar-refractivity contribution < 1.29 is 0 Å². The summed E-state index contributed by atoms with van der Waals surface area (Å²) in [4.78, 5) is 4.61. The van der Waals surface area contributed by atoms with Crippen molar-refractivity contribution in [3.8, 4) is 0 Å². The van der Waals surface area contributed by atoms with E-state index in [4.69, 9.17) is 5.73 Å². The Bertz CT molecular complexity index is 419. The molecule has 1 saturated carbocycles. The molecule has 1 aliphatic rings. The van der Waals surface area contributed by atoms with Gasteiger partial charge in [-0.25, -0.2) is 0 Å². The van der Waals surface area contributed by atoms with Gasteiger partial charge < -0.3 is 11.1 Å². The molecule has 2 rings (SSSR count). The average molecular weight is 273 g/mol. The van der Waals surface area contributed by atoms with Crippen LogP contribution >= 0.6 is 0 Å². The highest BCUT2D eigenvalue weighted by molar-refractivity contribution is 5.77. The molecule has 110 valence electrons. The van der Waals surface area contributed by atoms with Crippen molar-refractivity contribution in [3.63, 3.8) is 0 Å². The zero-order valence-corrected chi connectivity index (χ0v) is 12.6. The molecule has 0 saturated heterocycles. The molecule has 0 bridgehead atoms. The van der Waals surface area contributed by atoms with Crippen LogP contribution in [0.15, 0.2) is 35.3 Å². The molecule has 20 heavy (non-hydrogen) atoms. The third kappa shape index (κ3) is 3.75. The second kappa shape index (κ2) is 7.32. The highest BCUT2D eigenvalue weighted by Crippen LogP contribution is 2.41. The Morgan fingerprint density at radius 1 is 1.25 bits per heavy atom. The summed E-state index contributed by atoms with van der Waals surface area (Å²) in [7, 11) is 0.